The molecule has 2 atom stereocenters. The van der Waals surface area contributed by atoms with Crippen LogP contribution in [0.3, 0.4) is 0 Å². The number of piperidine rings is 1. The number of benzene rings is 1. The molecular formula is C21H27N3O3. The van der Waals surface area contributed by atoms with Gasteiger partial charge in [-0.1, -0.05) is 12.1 Å². The highest BCUT2D eigenvalue weighted by Crippen LogP contribution is 2.22. The Kier molecular flexibility index (Phi) is 7.00. The second-order valence-electron chi connectivity index (χ2n) is 7.16. The van der Waals surface area contributed by atoms with Gasteiger partial charge in [0, 0.05) is 31.9 Å². The number of rotatable bonds is 5. The highest BCUT2D eigenvalue weighted by atomic mass is 16.5. The van der Waals surface area contributed by atoms with Gasteiger partial charge in [-0.15, -0.1) is 0 Å². The highest BCUT2D eigenvalue weighted by Gasteiger charge is 2.29. The number of nitrogens with zero attached hydrogens (tertiary/aromatic N) is 3. The van der Waals surface area contributed by atoms with E-state index < -0.39 is 5.97 Å². The van der Waals surface area contributed by atoms with Crippen molar-refractivity contribution >= 4 is 23.6 Å². The molecule has 1 saturated heterocycles. The number of likely N-dealkylation sites (tertiary alicyclic amines) is 1. The van der Waals surface area contributed by atoms with Crippen LogP contribution in [0.4, 0.5) is 5.69 Å². The van der Waals surface area contributed by atoms with Crippen molar-refractivity contribution in [1.82, 2.24) is 4.90 Å². The number of carbonyl (C=O) groups excluding carboxylic acids is 2. The number of ether oxygens (including phenoxy) is 1. The molecule has 0 N–H and O–H groups in total. The van der Waals surface area contributed by atoms with Crippen LogP contribution in [0.5, 0.6) is 0 Å². The molecule has 6 heteroatoms. The number of hydrogen-bond donors (Lipinski definition) is 0. The maximum absolute atomic E-state index is 12.4. The van der Waals surface area contributed by atoms with Crippen LogP contribution in [0, 0.1) is 11.3 Å². The molecule has 0 saturated carbocycles. The van der Waals surface area contributed by atoms with Crippen molar-refractivity contribution in [3.8, 4) is 6.07 Å². The Bertz CT molecular complexity index is 737. The van der Waals surface area contributed by atoms with E-state index in [-0.39, 0.29) is 30.2 Å². The third-order valence-electron chi connectivity index (χ3n) is 4.87. The fourth-order valence-corrected chi connectivity index (χ4v) is 3.36. The minimum absolute atomic E-state index is 0.125. The summed E-state index contributed by atoms with van der Waals surface area (Å²) in [7, 11) is 3.87. The van der Waals surface area contributed by atoms with Crippen molar-refractivity contribution in [3.63, 3.8) is 0 Å². The number of nitriles is 1. The lowest BCUT2D eigenvalue weighted by Gasteiger charge is -2.38. The largest absolute Gasteiger partial charge is 0.451 e. The number of amides is 1. The first kappa shape index (κ1) is 20.5. The third-order valence-corrected chi connectivity index (χ3v) is 4.87. The maximum atomic E-state index is 12.4. The zero-order valence-corrected chi connectivity index (χ0v) is 16.4. The van der Waals surface area contributed by atoms with E-state index in [4.69, 9.17) is 4.74 Å². The van der Waals surface area contributed by atoms with Crippen LogP contribution in [0.2, 0.25) is 0 Å². The Labute approximate surface area is 161 Å². The number of esters is 1. The van der Waals surface area contributed by atoms with E-state index in [0.717, 1.165) is 30.5 Å². The summed E-state index contributed by atoms with van der Waals surface area (Å²) < 4.78 is 5.11. The van der Waals surface area contributed by atoms with Crippen LogP contribution in [0.25, 0.3) is 6.08 Å². The predicted octanol–water partition coefficient (Wildman–Crippen LogP) is 2.99. The second kappa shape index (κ2) is 9.22. The standard InChI is InChI=1S/C21H27N3O3/c1-15-6-5-7-16(2)24(15)20(25)14-27-21(26)18(13-22)12-17-8-10-19(11-9-17)23(3)4/h8-12,15-16H,5-7,14H2,1-4H3/b18-12+/t15-,16-/m0/s1. The fourth-order valence-electron chi connectivity index (χ4n) is 3.36. The number of hydrogen-bond acceptors (Lipinski definition) is 5. The predicted molar refractivity (Wildman–Crippen MR) is 105 cm³/mol. The van der Waals surface area contributed by atoms with Gasteiger partial charge >= 0.3 is 5.97 Å². The van der Waals surface area contributed by atoms with Gasteiger partial charge in [0.25, 0.3) is 5.91 Å². The summed E-state index contributed by atoms with van der Waals surface area (Å²) in [5, 5.41) is 9.28. The van der Waals surface area contributed by atoms with Crippen molar-refractivity contribution in [1.29, 1.82) is 5.26 Å². The second-order valence-corrected chi connectivity index (χ2v) is 7.16. The van der Waals surface area contributed by atoms with Crippen molar-refractivity contribution in [2.75, 3.05) is 25.6 Å². The lowest BCUT2D eigenvalue weighted by molar-refractivity contribution is -0.151. The Morgan fingerprint density at radius 2 is 1.81 bits per heavy atom. The summed E-state index contributed by atoms with van der Waals surface area (Å²) in [5.74, 6) is -0.990. The van der Waals surface area contributed by atoms with Crippen molar-refractivity contribution in [2.24, 2.45) is 0 Å². The van der Waals surface area contributed by atoms with Crippen molar-refractivity contribution < 1.29 is 14.3 Å². The third kappa shape index (κ3) is 5.33. The van der Waals surface area contributed by atoms with Crippen LogP contribution >= 0.6 is 0 Å². The van der Waals surface area contributed by atoms with Gasteiger partial charge in [0.05, 0.1) is 0 Å². The average molecular weight is 369 g/mol. The number of anilines is 1. The lowest BCUT2D eigenvalue weighted by Crippen LogP contribution is -2.49. The molecule has 1 fully saturated rings. The van der Waals surface area contributed by atoms with Crippen LogP contribution in [0.1, 0.15) is 38.7 Å². The van der Waals surface area contributed by atoms with Gasteiger partial charge in [0.2, 0.25) is 0 Å². The molecule has 1 aliphatic rings. The Hall–Kier alpha value is -2.81. The van der Waals surface area contributed by atoms with Gasteiger partial charge in [-0.05, 0) is 56.9 Å². The van der Waals surface area contributed by atoms with Gasteiger partial charge in [-0.3, -0.25) is 4.79 Å². The van der Waals surface area contributed by atoms with E-state index in [2.05, 4.69) is 0 Å². The summed E-state index contributed by atoms with van der Waals surface area (Å²) in [5.41, 5.74) is 1.61. The molecule has 0 aliphatic carbocycles. The Morgan fingerprint density at radius 3 is 2.33 bits per heavy atom. The van der Waals surface area contributed by atoms with E-state index in [9.17, 15) is 14.9 Å². The molecule has 0 unspecified atom stereocenters. The molecule has 2 rings (SSSR count). The molecule has 0 aromatic heterocycles. The molecule has 0 radical (unpaired) electrons. The summed E-state index contributed by atoms with van der Waals surface area (Å²) >= 11 is 0. The first-order valence-corrected chi connectivity index (χ1v) is 9.21. The first-order valence-electron chi connectivity index (χ1n) is 9.21. The van der Waals surface area contributed by atoms with E-state index in [0.29, 0.717) is 0 Å². The first-order chi connectivity index (χ1) is 12.8. The number of carbonyl (C=O) groups is 2. The van der Waals surface area contributed by atoms with E-state index in [1.165, 1.54) is 6.08 Å². The minimum Gasteiger partial charge on any atom is -0.451 e. The monoisotopic (exact) mass is 369 g/mol. The van der Waals surface area contributed by atoms with Gasteiger partial charge in [-0.25, -0.2) is 4.79 Å². The van der Waals surface area contributed by atoms with Crippen LogP contribution < -0.4 is 4.90 Å². The molecule has 0 spiro atoms. The molecule has 144 valence electrons. The molecule has 1 aromatic carbocycles. The molecule has 1 aromatic rings. The molecular weight excluding hydrogens is 342 g/mol. The topological polar surface area (TPSA) is 73.6 Å². The average Bonchev–Trinajstić information content (AvgIpc) is 2.64. The fraction of sp³-hybridized carbons (Fsp3) is 0.476. The smallest absolute Gasteiger partial charge is 0.349 e. The maximum Gasteiger partial charge on any atom is 0.349 e. The summed E-state index contributed by atoms with van der Waals surface area (Å²) in [6, 6.07) is 9.58. The van der Waals surface area contributed by atoms with E-state index >= 15 is 0 Å². The van der Waals surface area contributed by atoms with E-state index in [1.54, 1.807) is 4.90 Å². The highest BCUT2D eigenvalue weighted by molar-refractivity contribution is 5.98. The van der Waals surface area contributed by atoms with Crippen molar-refractivity contribution in [3.05, 3.63) is 35.4 Å². The Morgan fingerprint density at radius 1 is 1.22 bits per heavy atom. The quantitative estimate of drug-likeness (QED) is 0.453. The summed E-state index contributed by atoms with van der Waals surface area (Å²) in [4.78, 5) is 28.4. The molecule has 1 amide bonds. The zero-order chi connectivity index (χ0) is 20.0. The molecule has 27 heavy (non-hydrogen) atoms. The molecule has 1 aliphatic heterocycles. The van der Waals surface area contributed by atoms with E-state index in [1.807, 2.05) is 63.2 Å². The van der Waals surface area contributed by atoms with Crippen molar-refractivity contribution in [2.45, 2.75) is 45.2 Å². The van der Waals surface area contributed by atoms with Crippen LogP contribution in [-0.4, -0.2) is 49.6 Å². The minimum atomic E-state index is -0.778. The summed E-state index contributed by atoms with van der Waals surface area (Å²) in [6.07, 6.45) is 4.48. The van der Waals surface area contributed by atoms with Gasteiger partial charge in [-0.2, -0.15) is 5.26 Å². The molecule has 0 bridgehead atoms. The van der Waals surface area contributed by atoms with Gasteiger partial charge in [0.1, 0.15) is 11.6 Å². The van der Waals surface area contributed by atoms with Crippen LogP contribution in [0.15, 0.2) is 29.8 Å². The normalized spacial score (nSPS) is 20.0. The lowest BCUT2D eigenvalue weighted by atomic mass is 9.97. The van der Waals surface area contributed by atoms with Crippen LogP contribution in [-0.2, 0) is 14.3 Å². The SMILES string of the molecule is C[C@H]1CCC[C@H](C)N1C(=O)COC(=O)/C(C#N)=C/c1ccc(N(C)C)cc1. The molecule has 1 heterocycles. The zero-order valence-electron chi connectivity index (χ0n) is 16.4. The van der Waals surface area contributed by atoms with Gasteiger partial charge < -0.3 is 14.5 Å². The Balaban J connectivity index is 2.00. The summed E-state index contributed by atoms with van der Waals surface area (Å²) in [6.45, 7) is 3.67. The van der Waals surface area contributed by atoms with Gasteiger partial charge in [0.15, 0.2) is 6.61 Å². The molecule has 6 nitrogen and oxygen atoms in total.